The molecule has 1 aromatic heterocycles. The zero-order valence-corrected chi connectivity index (χ0v) is 12.5. The maximum absolute atomic E-state index is 12.1. The Labute approximate surface area is 124 Å². The Balaban J connectivity index is 0.00000200. The van der Waals surface area contributed by atoms with Crippen LogP contribution in [0.5, 0.6) is 0 Å². The minimum atomic E-state index is -0.323. The lowest BCUT2D eigenvalue weighted by Gasteiger charge is -2.29. The van der Waals surface area contributed by atoms with Crippen molar-refractivity contribution in [2.45, 2.75) is 25.6 Å². The van der Waals surface area contributed by atoms with Crippen LogP contribution in [0.4, 0.5) is 5.69 Å². The molecular formula is C12H21ClN4O3. The number of amides is 1. The van der Waals surface area contributed by atoms with E-state index in [1.54, 1.807) is 24.2 Å². The second kappa shape index (κ2) is 8.21. The van der Waals surface area contributed by atoms with Crippen LogP contribution in [-0.2, 0) is 20.8 Å². The predicted octanol–water partition coefficient (Wildman–Crippen LogP) is 0.267. The van der Waals surface area contributed by atoms with Gasteiger partial charge in [-0.15, -0.1) is 12.4 Å². The van der Waals surface area contributed by atoms with Gasteiger partial charge in [0, 0.05) is 19.9 Å². The van der Waals surface area contributed by atoms with Gasteiger partial charge in [-0.2, -0.15) is 5.10 Å². The summed E-state index contributed by atoms with van der Waals surface area (Å²) in [6.07, 6.45) is 3.28. The monoisotopic (exact) mass is 304 g/mol. The maximum Gasteiger partial charge on any atom is 0.244 e. The van der Waals surface area contributed by atoms with E-state index in [4.69, 9.17) is 9.47 Å². The van der Waals surface area contributed by atoms with Crippen molar-refractivity contribution in [2.24, 2.45) is 0 Å². The molecule has 0 bridgehead atoms. The van der Waals surface area contributed by atoms with Crippen molar-refractivity contribution in [3.8, 4) is 0 Å². The minimum Gasteiger partial charge on any atom is -0.383 e. The molecule has 2 atom stereocenters. The first-order valence-electron chi connectivity index (χ1n) is 6.38. The summed E-state index contributed by atoms with van der Waals surface area (Å²) < 4.78 is 12.1. The fourth-order valence-electron chi connectivity index (χ4n) is 1.98. The van der Waals surface area contributed by atoms with Crippen molar-refractivity contribution in [3.63, 3.8) is 0 Å². The Hall–Kier alpha value is -1.15. The molecule has 1 amide bonds. The third-order valence-electron chi connectivity index (χ3n) is 3.02. The second-order valence-corrected chi connectivity index (χ2v) is 4.48. The molecule has 2 heterocycles. The maximum atomic E-state index is 12.1. The van der Waals surface area contributed by atoms with E-state index in [-0.39, 0.29) is 30.5 Å². The Kier molecular flexibility index (Phi) is 6.94. The molecule has 0 spiro atoms. The number of nitrogens with zero attached hydrogens (tertiary/aromatic N) is 2. The molecular weight excluding hydrogens is 284 g/mol. The van der Waals surface area contributed by atoms with E-state index in [1.165, 1.54) is 0 Å². The molecule has 0 radical (unpaired) electrons. The van der Waals surface area contributed by atoms with Gasteiger partial charge in [-0.3, -0.25) is 9.48 Å². The number of anilines is 1. The summed E-state index contributed by atoms with van der Waals surface area (Å²) in [5, 5.41) is 10.1. The van der Waals surface area contributed by atoms with E-state index in [0.717, 1.165) is 0 Å². The molecule has 2 N–H and O–H groups in total. The number of carbonyl (C=O) groups is 1. The number of halogens is 1. The van der Waals surface area contributed by atoms with Crippen LogP contribution in [-0.4, -0.2) is 54.7 Å². The molecule has 20 heavy (non-hydrogen) atoms. The fraction of sp³-hybridized carbons (Fsp3) is 0.667. The zero-order chi connectivity index (χ0) is 13.7. The molecule has 1 saturated heterocycles. The molecule has 2 rings (SSSR count). The van der Waals surface area contributed by atoms with Crippen LogP contribution in [0.15, 0.2) is 12.4 Å². The summed E-state index contributed by atoms with van der Waals surface area (Å²) in [6.45, 7) is 4.46. The number of methoxy groups -OCH3 is 1. The van der Waals surface area contributed by atoms with Gasteiger partial charge in [-0.1, -0.05) is 0 Å². The first-order valence-corrected chi connectivity index (χ1v) is 6.38. The van der Waals surface area contributed by atoms with Crippen molar-refractivity contribution >= 4 is 24.0 Å². The lowest BCUT2D eigenvalue weighted by atomic mass is 10.1. The average molecular weight is 305 g/mol. The smallest absolute Gasteiger partial charge is 0.244 e. The Morgan fingerprint density at radius 1 is 1.70 bits per heavy atom. The van der Waals surface area contributed by atoms with E-state index in [9.17, 15) is 4.79 Å². The highest BCUT2D eigenvalue weighted by molar-refractivity contribution is 5.95. The number of hydrogen-bond acceptors (Lipinski definition) is 5. The summed E-state index contributed by atoms with van der Waals surface area (Å²) in [4.78, 5) is 12.1. The third kappa shape index (κ3) is 4.45. The molecule has 0 saturated carbocycles. The van der Waals surface area contributed by atoms with Gasteiger partial charge in [-0.05, 0) is 6.92 Å². The molecule has 0 unspecified atom stereocenters. The number of aromatic nitrogens is 2. The lowest BCUT2D eigenvalue weighted by molar-refractivity contribution is -0.123. The fourth-order valence-corrected chi connectivity index (χ4v) is 1.98. The SMILES string of the molecule is COCCn1cc(NC(=O)[C@H]2NCCO[C@@H]2C)cn1.Cl. The van der Waals surface area contributed by atoms with Gasteiger partial charge >= 0.3 is 0 Å². The van der Waals surface area contributed by atoms with Crippen LogP contribution in [0, 0.1) is 0 Å². The van der Waals surface area contributed by atoms with Crippen LogP contribution in [0.3, 0.4) is 0 Å². The number of ether oxygens (including phenoxy) is 2. The van der Waals surface area contributed by atoms with Crippen molar-refractivity contribution in [1.29, 1.82) is 0 Å². The van der Waals surface area contributed by atoms with Crippen molar-refractivity contribution < 1.29 is 14.3 Å². The number of hydrogen-bond donors (Lipinski definition) is 2. The highest BCUT2D eigenvalue weighted by Crippen LogP contribution is 2.09. The van der Waals surface area contributed by atoms with Crippen LogP contribution >= 0.6 is 12.4 Å². The van der Waals surface area contributed by atoms with Gasteiger partial charge in [0.05, 0.1) is 37.7 Å². The summed E-state index contributed by atoms with van der Waals surface area (Å²) in [6, 6.07) is -0.323. The number of morpholine rings is 1. The number of nitrogens with one attached hydrogen (secondary N) is 2. The van der Waals surface area contributed by atoms with E-state index >= 15 is 0 Å². The van der Waals surface area contributed by atoms with Crippen molar-refractivity contribution in [3.05, 3.63) is 12.4 Å². The van der Waals surface area contributed by atoms with Crippen molar-refractivity contribution in [1.82, 2.24) is 15.1 Å². The zero-order valence-electron chi connectivity index (χ0n) is 11.7. The molecule has 114 valence electrons. The average Bonchev–Trinajstić information content (AvgIpc) is 2.84. The van der Waals surface area contributed by atoms with Gasteiger partial charge in [-0.25, -0.2) is 0 Å². The molecule has 8 heteroatoms. The summed E-state index contributed by atoms with van der Waals surface area (Å²) in [5.41, 5.74) is 0.681. The van der Waals surface area contributed by atoms with Crippen LogP contribution in [0.2, 0.25) is 0 Å². The van der Waals surface area contributed by atoms with Gasteiger partial charge in [0.2, 0.25) is 5.91 Å². The van der Waals surface area contributed by atoms with E-state index in [2.05, 4.69) is 15.7 Å². The van der Waals surface area contributed by atoms with E-state index < -0.39 is 0 Å². The highest BCUT2D eigenvalue weighted by atomic mass is 35.5. The topological polar surface area (TPSA) is 77.4 Å². The lowest BCUT2D eigenvalue weighted by Crippen LogP contribution is -2.53. The molecule has 1 aliphatic heterocycles. The van der Waals surface area contributed by atoms with E-state index in [1.807, 2.05) is 6.92 Å². The van der Waals surface area contributed by atoms with Gasteiger partial charge in [0.25, 0.3) is 0 Å². The predicted molar refractivity (Wildman–Crippen MR) is 77.2 cm³/mol. The number of rotatable bonds is 5. The molecule has 1 aliphatic rings. The molecule has 1 aromatic rings. The summed E-state index contributed by atoms with van der Waals surface area (Å²) >= 11 is 0. The molecule has 0 aromatic carbocycles. The Morgan fingerprint density at radius 3 is 3.20 bits per heavy atom. The van der Waals surface area contributed by atoms with Crippen molar-refractivity contribution in [2.75, 3.05) is 32.2 Å². The quantitative estimate of drug-likeness (QED) is 0.816. The Morgan fingerprint density at radius 2 is 2.50 bits per heavy atom. The minimum absolute atomic E-state index is 0. The third-order valence-corrected chi connectivity index (χ3v) is 3.02. The summed E-state index contributed by atoms with van der Waals surface area (Å²) in [7, 11) is 1.64. The van der Waals surface area contributed by atoms with E-state index in [0.29, 0.717) is 32.0 Å². The summed E-state index contributed by atoms with van der Waals surface area (Å²) in [5.74, 6) is -0.0986. The van der Waals surface area contributed by atoms with Crippen LogP contribution in [0.25, 0.3) is 0 Å². The molecule has 1 fully saturated rings. The standard InChI is InChI=1S/C12H20N4O3.ClH/c1-9-11(13-3-5-19-9)12(17)15-10-7-14-16(8-10)4-6-18-2;/h7-9,11,13H,3-6H2,1-2H3,(H,15,17);1H/t9-,11+;/m1./s1. The first-order chi connectivity index (χ1) is 9.20. The van der Waals surface area contributed by atoms with Gasteiger partial charge in [0.15, 0.2) is 0 Å². The second-order valence-electron chi connectivity index (χ2n) is 4.48. The van der Waals surface area contributed by atoms with Crippen LogP contribution in [0.1, 0.15) is 6.92 Å². The van der Waals surface area contributed by atoms with Gasteiger partial charge in [0.1, 0.15) is 6.04 Å². The van der Waals surface area contributed by atoms with Gasteiger partial charge < -0.3 is 20.1 Å². The van der Waals surface area contributed by atoms with Crippen LogP contribution < -0.4 is 10.6 Å². The molecule has 7 nitrogen and oxygen atoms in total. The largest absolute Gasteiger partial charge is 0.383 e. The Bertz CT molecular complexity index is 427. The molecule has 0 aliphatic carbocycles. The number of carbonyl (C=O) groups excluding carboxylic acids is 1. The normalized spacial score (nSPS) is 22.1. The highest BCUT2D eigenvalue weighted by Gasteiger charge is 2.28. The first kappa shape index (κ1) is 16.9.